The van der Waals surface area contributed by atoms with Crippen molar-refractivity contribution in [3.05, 3.63) is 23.8 Å². The van der Waals surface area contributed by atoms with Gasteiger partial charge in [-0.1, -0.05) is 0 Å². The largest absolute Gasteiger partial charge is 0.497 e. The molecule has 0 unspecified atom stereocenters. The minimum absolute atomic E-state index is 0.0203. The van der Waals surface area contributed by atoms with E-state index in [1.54, 1.807) is 26.2 Å². The summed E-state index contributed by atoms with van der Waals surface area (Å²) in [5.74, 6) is -0.153. The number of hydrogen-bond acceptors (Lipinski definition) is 5. The van der Waals surface area contributed by atoms with Crippen LogP contribution < -0.4 is 10.5 Å². The highest BCUT2D eigenvalue weighted by Crippen LogP contribution is 2.20. The predicted octanol–water partition coefficient (Wildman–Crippen LogP) is 0.912. The fraction of sp³-hybridized carbons (Fsp3) is 0.385. The highest BCUT2D eigenvalue weighted by atomic mass is 16.5. The fourth-order valence-corrected chi connectivity index (χ4v) is 1.37. The lowest BCUT2D eigenvalue weighted by atomic mass is 10.2. The minimum Gasteiger partial charge on any atom is -0.497 e. The standard InChI is InChI=1S/C13H18N2O4/c1-15(2)12(16)6-7-19-13(17)10-8-9(18-3)4-5-11(10)14/h4-5,8H,6-7,14H2,1-3H3. The number of anilines is 1. The third-order valence-corrected chi connectivity index (χ3v) is 2.53. The number of carbonyl (C=O) groups excluding carboxylic acids is 2. The quantitative estimate of drug-likeness (QED) is 0.633. The van der Waals surface area contributed by atoms with Crippen LogP contribution in [0.15, 0.2) is 18.2 Å². The lowest BCUT2D eigenvalue weighted by Gasteiger charge is -2.11. The van der Waals surface area contributed by atoms with E-state index in [0.29, 0.717) is 11.4 Å². The van der Waals surface area contributed by atoms with Gasteiger partial charge >= 0.3 is 5.97 Å². The van der Waals surface area contributed by atoms with Crippen LogP contribution in [-0.4, -0.2) is 44.6 Å². The molecule has 0 aromatic heterocycles. The molecule has 0 atom stereocenters. The van der Waals surface area contributed by atoms with Crippen LogP contribution in [0.3, 0.4) is 0 Å². The second kappa shape index (κ2) is 6.63. The molecule has 0 aliphatic heterocycles. The molecule has 1 aromatic rings. The average Bonchev–Trinajstić information content (AvgIpc) is 2.38. The zero-order valence-electron chi connectivity index (χ0n) is 11.3. The number of carbonyl (C=O) groups is 2. The monoisotopic (exact) mass is 266 g/mol. The summed E-state index contributed by atoms with van der Waals surface area (Å²) in [6.45, 7) is 0.0203. The Balaban J connectivity index is 2.61. The van der Waals surface area contributed by atoms with Gasteiger partial charge in [-0.25, -0.2) is 4.79 Å². The van der Waals surface area contributed by atoms with Crippen molar-refractivity contribution >= 4 is 17.6 Å². The van der Waals surface area contributed by atoms with Crippen molar-refractivity contribution in [1.82, 2.24) is 4.90 Å². The van der Waals surface area contributed by atoms with E-state index < -0.39 is 5.97 Å². The summed E-state index contributed by atoms with van der Waals surface area (Å²) in [6, 6.07) is 4.73. The summed E-state index contributed by atoms with van der Waals surface area (Å²) in [6.07, 6.45) is 0.141. The number of hydrogen-bond donors (Lipinski definition) is 1. The van der Waals surface area contributed by atoms with Crippen LogP contribution in [0.5, 0.6) is 5.75 Å². The molecule has 0 heterocycles. The SMILES string of the molecule is COc1ccc(N)c(C(=O)OCCC(=O)N(C)C)c1. The molecule has 2 N–H and O–H groups in total. The maximum absolute atomic E-state index is 11.8. The Morgan fingerprint density at radius 1 is 1.32 bits per heavy atom. The highest BCUT2D eigenvalue weighted by molar-refractivity contribution is 5.95. The maximum Gasteiger partial charge on any atom is 0.340 e. The molecule has 0 fully saturated rings. The Kier molecular flexibility index (Phi) is 5.17. The van der Waals surface area contributed by atoms with Crippen molar-refractivity contribution in [3.8, 4) is 5.75 Å². The number of benzene rings is 1. The second-order valence-electron chi connectivity index (χ2n) is 4.13. The molecule has 0 spiro atoms. The summed E-state index contributed by atoms with van der Waals surface area (Å²) in [5.41, 5.74) is 6.24. The number of rotatable bonds is 5. The zero-order valence-corrected chi connectivity index (χ0v) is 11.3. The Morgan fingerprint density at radius 3 is 2.58 bits per heavy atom. The molecule has 19 heavy (non-hydrogen) atoms. The third kappa shape index (κ3) is 4.17. The molecule has 0 saturated heterocycles. The molecular weight excluding hydrogens is 248 g/mol. The van der Waals surface area contributed by atoms with Gasteiger partial charge in [-0.3, -0.25) is 4.79 Å². The van der Waals surface area contributed by atoms with E-state index in [1.165, 1.54) is 18.1 Å². The first-order chi connectivity index (χ1) is 8.95. The Bertz CT molecular complexity index is 472. The number of amides is 1. The first kappa shape index (κ1) is 14.8. The second-order valence-corrected chi connectivity index (χ2v) is 4.13. The summed E-state index contributed by atoms with van der Waals surface area (Å²) in [5, 5.41) is 0. The van der Waals surface area contributed by atoms with E-state index in [9.17, 15) is 9.59 Å². The van der Waals surface area contributed by atoms with E-state index in [0.717, 1.165) is 0 Å². The van der Waals surface area contributed by atoms with Gasteiger partial charge in [-0.15, -0.1) is 0 Å². The smallest absolute Gasteiger partial charge is 0.340 e. The van der Waals surface area contributed by atoms with Crippen molar-refractivity contribution in [3.63, 3.8) is 0 Å². The van der Waals surface area contributed by atoms with Crippen LogP contribution in [0.2, 0.25) is 0 Å². The topological polar surface area (TPSA) is 81.9 Å². The van der Waals surface area contributed by atoms with Crippen molar-refractivity contribution < 1.29 is 19.1 Å². The Labute approximate surface area is 112 Å². The molecule has 6 nitrogen and oxygen atoms in total. The van der Waals surface area contributed by atoms with Crippen molar-refractivity contribution in [2.24, 2.45) is 0 Å². The number of nitrogen functional groups attached to an aromatic ring is 1. The van der Waals surface area contributed by atoms with Gasteiger partial charge in [0.05, 0.1) is 19.1 Å². The first-order valence-corrected chi connectivity index (χ1v) is 5.76. The molecule has 0 bridgehead atoms. The van der Waals surface area contributed by atoms with Gasteiger partial charge in [-0.2, -0.15) is 0 Å². The first-order valence-electron chi connectivity index (χ1n) is 5.76. The number of ether oxygens (including phenoxy) is 2. The number of methoxy groups -OCH3 is 1. The molecule has 0 saturated carbocycles. The zero-order chi connectivity index (χ0) is 14.4. The van der Waals surface area contributed by atoms with Gasteiger partial charge in [-0.05, 0) is 18.2 Å². The van der Waals surface area contributed by atoms with Gasteiger partial charge in [0.15, 0.2) is 0 Å². The van der Waals surface area contributed by atoms with Crippen LogP contribution in [0.25, 0.3) is 0 Å². The van der Waals surface area contributed by atoms with Crippen LogP contribution in [0.4, 0.5) is 5.69 Å². The van der Waals surface area contributed by atoms with Crippen molar-refractivity contribution in [1.29, 1.82) is 0 Å². The minimum atomic E-state index is -0.567. The van der Waals surface area contributed by atoms with Crippen molar-refractivity contribution in [2.45, 2.75) is 6.42 Å². The van der Waals surface area contributed by atoms with E-state index >= 15 is 0 Å². The van der Waals surface area contributed by atoms with Gasteiger partial charge in [0.25, 0.3) is 0 Å². The number of nitrogens with zero attached hydrogens (tertiary/aromatic N) is 1. The summed E-state index contributed by atoms with van der Waals surface area (Å²) < 4.78 is 10.0. The highest BCUT2D eigenvalue weighted by Gasteiger charge is 2.13. The molecule has 104 valence electrons. The third-order valence-electron chi connectivity index (χ3n) is 2.53. The van der Waals surface area contributed by atoms with Crippen LogP contribution >= 0.6 is 0 Å². The predicted molar refractivity (Wildman–Crippen MR) is 71.0 cm³/mol. The number of nitrogens with two attached hydrogens (primary N) is 1. The Hall–Kier alpha value is -2.24. The molecule has 0 aliphatic carbocycles. The average molecular weight is 266 g/mol. The van der Waals surface area contributed by atoms with Gasteiger partial charge in [0, 0.05) is 19.8 Å². The van der Waals surface area contributed by atoms with Crippen molar-refractivity contribution in [2.75, 3.05) is 33.5 Å². The Morgan fingerprint density at radius 2 is 2.00 bits per heavy atom. The molecule has 6 heteroatoms. The maximum atomic E-state index is 11.8. The lowest BCUT2D eigenvalue weighted by molar-refractivity contribution is -0.129. The molecule has 1 aromatic carbocycles. The summed E-state index contributed by atoms with van der Waals surface area (Å²) >= 11 is 0. The van der Waals surface area contributed by atoms with Gasteiger partial charge in [0.2, 0.25) is 5.91 Å². The summed E-state index contributed by atoms with van der Waals surface area (Å²) in [7, 11) is 4.78. The molecule has 1 amide bonds. The van der Waals surface area contributed by atoms with Crippen LogP contribution in [0, 0.1) is 0 Å². The van der Waals surface area contributed by atoms with E-state index in [4.69, 9.17) is 15.2 Å². The van der Waals surface area contributed by atoms with Gasteiger partial charge in [0.1, 0.15) is 12.4 Å². The number of esters is 1. The summed E-state index contributed by atoms with van der Waals surface area (Å²) in [4.78, 5) is 24.6. The molecule has 0 radical (unpaired) electrons. The van der Waals surface area contributed by atoms with E-state index in [-0.39, 0.29) is 24.5 Å². The van der Waals surface area contributed by atoms with Gasteiger partial charge < -0.3 is 20.1 Å². The molecule has 0 aliphatic rings. The lowest BCUT2D eigenvalue weighted by Crippen LogP contribution is -2.23. The van der Waals surface area contributed by atoms with Crippen LogP contribution in [-0.2, 0) is 9.53 Å². The van der Waals surface area contributed by atoms with Crippen LogP contribution in [0.1, 0.15) is 16.8 Å². The fourth-order valence-electron chi connectivity index (χ4n) is 1.37. The molecular formula is C13H18N2O4. The normalized spacial score (nSPS) is 9.84. The molecule has 1 rings (SSSR count). The van der Waals surface area contributed by atoms with E-state index in [2.05, 4.69) is 0 Å². The van der Waals surface area contributed by atoms with E-state index in [1.807, 2.05) is 0 Å².